The summed E-state index contributed by atoms with van der Waals surface area (Å²) >= 11 is 0. The van der Waals surface area contributed by atoms with Crippen LogP contribution in [0.25, 0.3) is 0 Å². The van der Waals surface area contributed by atoms with Gasteiger partial charge < -0.3 is 9.47 Å². The number of sulfonamides is 1. The number of fused-ring (bicyclic) bond motifs is 8. The van der Waals surface area contributed by atoms with Crippen LogP contribution in [0.1, 0.15) is 43.5 Å². The Morgan fingerprint density at radius 3 is 2.44 bits per heavy atom. The molecule has 10 heteroatoms. The van der Waals surface area contributed by atoms with Crippen molar-refractivity contribution in [3.05, 3.63) is 59.2 Å². The summed E-state index contributed by atoms with van der Waals surface area (Å²) in [6.07, 6.45) is -0.856. The number of methoxy groups -OCH3 is 1. The van der Waals surface area contributed by atoms with Gasteiger partial charge in [-0.15, -0.1) is 0 Å². The second kappa shape index (κ2) is 6.58. The van der Waals surface area contributed by atoms with E-state index >= 15 is 0 Å². The van der Waals surface area contributed by atoms with E-state index in [1.165, 1.54) is 6.07 Å². The highest BCUT2D eigenvalue weighted by Gasteiger charge is 2.89. The minimum absolute atomic E-state index is 0.0888. The summed E-state index contributed by atoms with van der Waals surface area (Å²) in [5.74, 6) is -0.945. The molecule has 3 aliphatic heterocycles. The van der Waals surface area contributed by atoms with Crippen LogP contribution in [0.15, 0.2) is 47.4 Å². The van der Waals surface area contributed by atoms with Crippen molar-refractivity contribution < 1.29 is 27.5 Å². The number of esters is 1. The van der Waals surface area contributed by atoms with Gasteiger partial charge in [-0.3, -0.25) is 4.90 Å². The fraction of sp³-hybridized carbons (Fsp3) is 0.375. The molecule has 2 aromatic carbocycles. The standard InChI is InChI=1S/C24H23N3O6S/c1-14-10-11-18-16(12-14)24(20(28)32-5)23(13-25)19(27(24)34(18,30)31)15-8-6-7-9-17(15)26(23)21(29)33-22(2,3)4/h6-12,19H,1-5H3. The molecular formula is C24H23N3O6S. The van der Waals surface area contributed by atoms with Crippen LogP contribution in [0.2, 0.25) is 0 Å². The molecule has 5 rings (SSSR count). The minimum atomic E-state index is -4.20. The molecule has 1 fully saturated rings. The van der Waals surface area contributed by atoms with E-state index in [1.54, 1.807) is 64.1 Å². The van der Waals surface area contributed by atoms with Gasteiger partial charge in [0.1, 0.15) is 5.60 Å². The number of hydrogen-bond donors (Lipinski definition) is 0. The molecule has 3 heterocycles. The van der Waals surface area contributed by atoms with Crippen LogP contribution in [-0.2, 0) is 29.8 Å². The van der Waals surface area contributed by atoms with Gasteiger partial charge in [-0.25, -0.2) is 18.0 Å². The summed E-state index contributed by atoms with van der Waals surface area (Å²) in [6.45, 7) is 6.81. The molecule has 3 unspecified atom stereocenters. The molecule has 1 saturated heterocycles. The van der Waals surface area contributed by atoms with Crippen LogP contribution in [0.5, 0.6) is 0 Å². The minimum Gasteiger partial charge on any atom is -0.467 e. The van der Waals surface area contributed by atoms with Crippen molar-refractivity contribution in [1.29, 1.82) is 5.26 Å². The maximum atomic E-state index is 13.8. The summed E-state index contributed by atoms with van der Waals surface area (Å²) in [5, 5.41) is 10.7. The number of carbonyl (C=O) groups excluding carboxylic acids is 2. The van der Waals surface area contributed by atoms with Gasteiger partial charge in [-0.1, -0.05) is 35.9 Å². The Balaban J connectivity index is 1.90. The van der Waals surface area contributed by atoms with E-state index in [0.29, 0.717) is 16.8 Å². The molecule has 9 nitrogen and oxygen atoms in total. The molecule has 0 aromatic heterocycles. The van der Waals surface area contributed by atoms with Gasteiger partial charge in [-0.2, -0.15) is 9.57 Å². The summed E-state index contributed by atoms with van der Waals surface area (Å²) in [7, 11) is -3.07. The maximum Gasteiger partial charge on any atom is 0.416 e. The van der Waals surface area contributed by atoms with Crippen molar-refractivity contribution in [2.24, 2.45) is 0 Å². The van der Waals surface area contributed by atoms with Crippen molar-refractivity contribution in [2.75, 3.05) is 12.0 Å². The van der Waals surface area contributed by atoms with E-state index in [0.717, 1.165) is 16.3 Å². The summed E-state index contributed by atoms with van der Waals surface area (Å²) in [6, 6.07) is 12.3. The quantitative estimate of drug-likeness (QED) is 0.574. The van der Waals surface area contributed by atoms with Crippen molar-refractivity contribution in [2.45, 2.75) is 55.3 Å². The van der Waals surface area contributed by atoms with E-state index in [2.05, 4.69) is 6.07 Å². The molecule has 0 saturated carbocycles. The largest absolute Gasteiger partial charge is 0.467 e. The predicted molar refractivity (Wildman–Crippen MR) is 120 cm³/mol. The molecule has 0 N–H and O–H groups in total. The number of amides is 1. The normalized spacial score (nSPS) is 28.0. The second-order valence-electron chi connectivity index (χ2n) is 9.66. The maximum absolute atomic E-state index is 13.8. The average Bonchev–Trinajstić information content (AvgIpc) is 3.09. The third kappa shape index (κ3) is 2.28. The van der Waals surface area contributed by atoms with Crippen LogP contribution in [0.3, 0.4) is 0 Å². The molecule has 176 valence electrons. The number of aryl methyl sites for hydroxylation is 1. The third-order valence-electron chi connectivity index (χ3n) is 6.63. The van der Waals surface area contributed by atoms with Gasteiger partial charge in [0, 0.05) is 5.56 Å². The lowest BCUT2D eigenvalue weighted by Gasteiger charge is -2.60. The van der Waals surface area contributed by atoms with Crippen molar-refractivity contribution >= 4 is 27.8 Å². The first-order valence-corrected chi connectivity index (χ1v) is 12.1. The molecule has 2 aromatic rings. The Kier molecular flexibility index (Phi) is 4.33. The zero-order valence-corrected chi connectivity index (χ0v) is 20.1. The number of hydrogen-bond acceptors (Lipinski definition) is 7. The number of nitrogens with zero attached hydrogens (tertiary/aromatic N) is 3. The highest BCUT2D eigenvalue weighted by Crippen LogP contribution is 2.73. The Hall–Kier alpha value is -3.42. The average molecular weight is 482 g/mol. The van der Waals surface area contributed by atoms with E-state index in [4.69, 9.17) is 9.47 Å². The van der Waals surface area contributed by atoms with Gasteiger partial charge in [0.2, 0.25) is 10.0 Å². The highest BCUT2D eigenvalue weighted by molar-refractivity contribution is 7.89. The first-order valence-electron chi connectivity index (χ1n) is 10.7. The first kappa shape index (κ1) is 22.4. The number of para-hydroxylation sites is 1. The molecule has 3 atom stereocenters. The number of ether oxygens (including phenoxy) is 2. The molecule has 3 aliphatic rings. The first-order chi connectivity index (χ1) is 15.9. The van der Waals surface area contributed by atoms with Gasteiger partial charge in [0.05, 0.1) is 29.8 Å². The zero-order chi connectivity index (χ0) is 24.8. The summed E-state index contributed by atoms with van der Waals surface area (Å²) in [4.78, 5) is 28.3. The second-order valence-corrected chi connectivity index (χ2v) is 11.4. The topological polar surface area (TPSA) is 117 Å². The van der Waals surface area contributed by atoms with Gasteiger partial charge in [-0.05, 0) is 45.4 Å². The molecule has 0 bridgehead atoms. The highest BCUT2D eigenvalue weighted by atomic mass is 32.2. The van der Waals surface area contributed by atoms with Crippen LogP contribution < -0.4 is 4.90 Å². The lowest BCUT2D eigenvalue weighted by Crippen LogP contribution is -2.83. The number of benzene rings is 2. The molecule has 1 amide bonds. The van der Waals surface area contributed by atoms with E-state index in [9.17, 15) is 23.3 Å². The van der Waals surface area contributed by atoms with Gasteiger partial charge in [0.15, 0.2) is 11.1 Å². The third-order valence-corrected chi connectivity index (χ3v) is 8.54. The monoisotopic (exact) mass is 481 g/mol. The SMILES string of the molecule is COC(=O)C12c3cc(C)ccc3S(=O)(=O)N1C1c3ccccc3N(C(=O)OC(C)(C)C)C12C#N. The van der Waals surface area contributed by atoms with E-state index in [1.807, 2.05) is 0 Å². The smallest absolute Gasteiger partial charge is 0.416 e. The Labute approximate surface area is 197 Å². The lowest BCUT2D eigenvalue weighted by atomic mass is 9.60. The van der Waals surface area contributed by atoms with Crippen LogP contribution in [-0.4, -0.2) is 43.0 Å². The number of rotatable bonds is 1. The number of anilines is 1. The molecule has 0 radical (unpaired) electrons. The fourth-order valence-corrected chi connectivity index (χ4v) is 7.71. The van der Waals surface area contributed by atoms with Gasteiger partial charge in [0.25, 0.3) is 0 Å². The summed E-state index contributed by atoms with van der Waals surface area (Å²) in [5.41, 5.74) is -3.42. The summed E-state index contributed by atoms with van der Waals surface area (Å²) < 4.78 is 39.4. The molecule has 0 aliphatic carbocycles. The zero-order valence-electron chi connectivity index (χ0n) is 19.3. The fourth-order valence-electron chi connectivity index (χ4n) is 5.56. The number of nitriles is 1. The van der Waals surface area contributed by atoms with Crippen molar-refractivity contribution in [3.8, 4) is 6.07 Å². The number of carbonyl (C=O) groups is 2. The Bertz CT molecular complexity index is 1420. The van der Waals surface area contributed by atoms with Crippen LogP contribution in [0, 0.1) is 18.3 Å². The van der Waals surface area contributed by atoms with Crippen molar-refractivity contribution in [1.82, 2.24) is 4.31 Å². The molecule has 0 spiro atoms. The van der Waals surface area contributed by atoms with Crippen molar-refractivity contribution in [3.63, 3.8) is 0 Å². The van der Waals surface area contributed by atoms with Crippen LogP contribution >= 0.6 is 0 Å². The van der Waals surface area contributed by atoms with E-state index in [-0.39, 0.29) is 10.5 Å². The Morgan fingerprint density at radius 1 is 1.15 bits per heavy atom. The lowest BCUT2D eigenvalue weighted by molar-refractivity contribution is -0.173. The molecular weight excluding hydrogens is 458 g/mol. The predicted octanol–water partition coefficient (Wildman–Crippen LogP) is 3.14. The van der Waals surface area contributed by atoms with E-state index < -0.39 is 44.8 Å². The Morgan fingerprint density at radius 2 is 1.82 bits per heavy atom. The van der Waals surface area contributed by atoms with Crippen LogP contribution in [0.4, 0.5) is 10.5 Å². The molecule has 34 heavy (non-hydrogen) atoms. The van der Waals surface area contributed by atoms with Gasteiger partial charge >= 0.3 is 12.1 Å².